The van der Waals surface area contributed by atoms with Crippen LogP contribution in [-0.2, 0) is 13.0 Å². The molecule has 1 N–H and O–H groups in total. The molecule has 1 saturated heterocycles. The Balaban J connectivity index is 1.90. The summed E-state index contributed by atoms with van der Waals surface area (Å²) in [5.41, 5.74) is 0. The van der Waals surface area contributed by atoms with E-state index in [4.69, 9.17) is 0 Å². The zero-order valence-corrected chi connectivity index (χ0v) is 11.4. The molecule has 0 bridgehead atoms. The second-order valence-corrected chi connectivity index (χ2v) is 5.34. The van der Waals surface area contributed by atoms with Gasteiger partial charge in [-0.2, -0.15) is 0 Å². The van der Waals surface area contributed by atoms with Crippen LogP contribution in [0.15, 0.2) is 0 Å². The summed E-state index contributed by atoms with van der Waals surface area (Å²) >= 11 is 0. The zero-order chi connectivity index (χ0) is 13.2. The lowest BCUT2D eigenvalue weighted by Crippen LogP contribution is -2.44. The lowest BCUT2D eigenvalue weighted by Gasteiger charge is -2.35. The van der Waals surface area contributed by atoms with E-state index in [1.165, 1.54) is 12.8 Å². The second kappa shape index (κ2) is 5.19. The Morgan fingerprint density at radius 1 is 1.21 bits per heavy atom. The maximum Gasteiger partial charge on any atom is 0.317 e. The third-order valence-corrected chi connectivity index (χ3v) is 4.16. The molecule has 6 heteroatoms. The van der Waals surface area contributed by atoms with Crippen LogP contribution in [-0.4, -0.2) is 39.3 Å². The minimum atomic E-state index is -0.00198. The molecule has 0 aromatic carbocycles. The van der Waals surface area contributed by atoms with Crippen molar-refractivity contribution in [2.75, 3.05) is 13.6 Å². The Morgan fingerprint density at radius 2 is 2.05 bits per heavy atom. The van der Waals surface area contributed by atoms with Gasteiger partial charge in [0.25, 0.3) is 0 Å². The van der Waals surface area contributed by atoms with Gasteiger partial charge in [0.05, 0.1) is 6.04 Å². The van der Waals surface area contributed by atoms with E-state index in [2.05, 4.69) is 20.1 Å². The lowest BCUT2D eigenvalue weighted by molar-refractivity contribution is 0.146. The largest absolute Gasteiger partial charge is 0.341 e. The Hall–Kier alpha value is -1.59. The van der Waals surface area contributed by atoms with E-state index in [-0.39, 0.29) is 12.1 Å². The van der Waals surface area contributed by atoms with Crippen molar-refractivity contribution >= 4 is 6.03 Å². The van der Waals surface area contributed by atoms with Crippen molar-refractivity contribution in [2.24, 2.45) is 0 Å². The molecule has 3 rings (SSSR count). The van der Waals surface area contributed by atoms with Gasteiger partial charge in [0.2, 0.25) is 0 Å². The number of amides is 2. The van der Waals surface area contributed by atoms with E-state index < -0.39 is 0 Å². The van der Waals surface area contributed by atoms with Crippen LogP contribution >= 0.6 is 0 Å². The first-order chi connectivity index (χ1) is 9.31. The van der Waals surface area contributed by atoms with E-state index in [0.717, 1.165) is 50.4 Å². The lowest BCUT2D eigenvalue weighted by atomic mass is 10.0. The number of rotatable bonds is 1. The maximum absolute atomic E-state index is 12.0. The summed E-state index contributed by atoms with van der Waals surface area (Å²) in [4.78, 5) is 13.9. The van der Waals surface area contributed by atoms with Crippen molar-refractivity contribution in [3.05, 3.63) is 11.6 Å². The highest BCUT2D eigenvalue weighted by Crippen LogP contribution is 2.31. The number of likely N-dealkylation sites (tertiary alicyclic amines) is 1. The van der Waals surface area contributed by atoms with Crippen molar-refractivity contribution < 1.29 is 4.79 Å². The number of piperidine rings is 1. The van der Waals surface area contributed by atoms with E-state index in [1.54, 1.807) is 7.05 Å². The quantitative estimate of drug-likeness (QED) is 0.834. The number of carbonyl (C=O) groups is 1. The summed E-state index contributed by atoms with van der Waals surface area (Å²) in [5.74, 6) is 2.07. The van der Waals surface area contributed by atoms with Gasteiger partial charge in [-0.3, -0.25) is 0 Å². The molecule has 2 aliphatic heterocycles. The number of hydrogen-bond donors (Lipinski definition) is 1. The van der Waals surface area contributed by atoms with Crippen molar-refractivity contribution in [3.63, 3.8) is 0 Å². The maximum atomic E-state index is 12.0. The van der Waals surface area contributed by atoms with Crippen LogP contribution in [0.2, 0.25) is 0 Å². The van der Waals surface area contributed by atoms with Gasteiger partial charge in [0.15, 0.2) is 5.82 Å². The predicted molar refractivity (Wildman–Crippen MR) is 70.7 cm³/mol. The summed E-state index contributed by atoms with van der Waals surface area (Å²) in [6.07, 6.45) is 6.61. The van der Waals surface area contributed by atoms with Crippen molar-refractivity contribution in [1.82, 2.24) is 25.0 Å². The number of aromatic nitrogens is 3. The Labute approximate surface area is 113 Å². The molecule has 104 valence electrons. The molecule has 2 aliphatic rings. The van der Waals surface area contributed by atoms with Gasteiger partial charge in [0, 0.05) is 26.6 Å². The smallest absolute Gasteiger partial charge is 0.317 e. The van der Waals surface area contributed by atoms with E-state index in [9.17, 15) is 4.79 Å². The van der Waals surface area contributed by atoms with Crippen LogP contribution in [0.25, 0.3) is 0 Å². The number of aryl methyl sites for hydroxylation is 1. The topological polar surface area (TPSA) is 63.1 Å². The van der Waals surface area contributed by atoms with Gasteiger partial charge < -0.3 is 14.8 Å². The summed E-state index contributed by atoms with van der Waals surface area (Å²) in [5, 5.41) is 11.4. The highest BCUT2D eigenvalue weighted by atomic mass is 16.2. The zero-order valence-electron chi connectivity index (χ0n) is 11.4. The molecular formula is C13H21N5O. The molecule has 0 saturated carbocycles. The van der Waals surface area contributed by atoms with Crippen LogP contribution in [0.3, 0.4) is 0 Å². The Morgan fingerprint density at radius 3 is 2.89 bits per heavy atom. The molecular weight excluding hydrogens is 242 g/mol. The first-order valence-electron chi connectivity index (χ1n) is 7.21. The minimum absolute atomic E-state index is 0.00198. The third kappa shape index (κ3) is 2.19. The number of urea groups is 1. The van der Waals surface area contributed by atoms with Crippen molar-refractivity contribution in [3.8, 4) is 0 Å². The van der Waals surface area contributed by atoms with Crippen LogP contribution in [0.1, 0.15) is 49.8 Å². The first kappa shape index (κ1) is 12.4. The van der Waals surface area contributed by atoms with Gasteiger partial charge in [-0.1, -0.05) is 0 Å². The van der Waals surface area contributed by atoms with E-state index >= 15 is 0 Å². The molecule has 1 aromatic heterocycles. The number of hydrogen-bond acceptors (Lipinski definition) is 3. The molecule has 0 radical (unpaired) electrons. The molecule has 1 fully saturated rings. The summed E-state index contributed by atoms with van der Waals surface area (Å²) in [7, 11) is 1.69. The second-order valence-electron chi connectivity index (χ2n) is 5.34. The fourth-order valence-electron chi connectivity index (χ4n) is 3.16. The Kier molecular flexibility index (Phi) is 3.40. The van der Waals surface area contributed by atoms with Gasteiger partial charge in [-0.25, -0.2) is 4.79 Å². The molecule has 2 amide bonds. The fraction of sp³-hybridized carbons (Fsp3) is 0.769. The molecule has 19 heavy (non-hydrogen) atoms. The molecule has 3 heterocycles. The molecule has 1 atom stereocenters. The van der Waals surface area contributed by atoms with Gasteiger partial charge in [-0.05, 0) is 32.1 Å². The predicted octanol–water partition coefficient (Wildman–Crippen LogP) is 1.48. The summed E-state index contributed by atoms with van der Waals surface area (Å²) in [6.45, 7) is 1.81. The van der Waals surface area contributed by atoms with Crippen molar-refractivity contribution in [2.45, 2.75) is 51.1 Å². The molecule has 1 unspecified atom stereocenters. The SMILES string of the molecule is CNC(=O)N1CCCCC1c1nnc2n1CCCC2. The highest BCUT2D eigenvalue weighted by Gasteiger charge is 2.32. The molecule has 1 aromatic rings. The van der Waals surface area contributed by atoms with Crippen LogP contribution in [0, 0.1) is 0 Å². The first-order valence-corrected chi connectivity index (χ1v) is 7.21. The van der Waals surface area contributed by atoms with E-state index in [1.807, 2.05) is 4.90 Å². The normalized spacial score (nSPS) is 23.0. The number of nitrogens with zero attached hydrogens (tertiary/aromatic N) is 4. The molecule has 0 spiro atoms. The van der Waals surface area contributed by atoms with Gasteiger partial charge >= 0.3 is 6.03 Å². The third-order valence-electron chi connectivity index (χ3n) is 4.16. The Bertz CT molecular complexity index is 470. The monoisotopic (exact) mass is 263 g/mol. The number of fused-ring (bicyclic) bond motifs is 1. The van der Waals surface area contributed by atoms with Crippen LogP contribution in [0.4, 0.5) is 4.79 Å². The van der Waals surface area contributed by atoms with Crippen molar-refractivity contribution in [1.29, 1.82) is 0 Å². The van der Waals surface area contributed by atoms with Gasteiger partial charge in [-0.15, -0.1) is 10.2 Å². The summed E-state index contributed by atoms with van der Waals surface area (Å²) in [6, 6.07) is 0.0888. The van der Waals surface area contributed by atoms with Gasteiger partial charge in [0.1, 0.15) is 5.82 Å². The average molecular weight is 263 g/mol. The summed E-state index contributed by atoms with van der Waals surface area (Å²) < 4.78 is 2.23. The average Bonchev–Trinajstić information content (AvgIpc) is 2.90. The minimum Gasteiger partial charge on any atom is -0.341 e. The van der Waals surface area contributed by atoms with E-state index in [0.29, 0.717) is 0 Å². The number of carbonyl (C=O) groups excluding carboxylic acids is 1. The highest BCUT2D eigenvalue weighted by molar-refractivity contribution is 5.74. The standard InChI is InChI=1S/C13H21N5O/c1-14-13(19)17-8-4-2-6-10(17)12-16-15-11-7-3-5-9-18(11)12/h10H,2-9H2,1H3,(H,14,19). The fourth-order valence-corrected chi connectivity index (χ4v) is 3.16. The molecule has 0 aliphatic carbocycles. The molecule has 6 nitrogen and oxygen atoms in total. The van der Waals surface area contributed by atoms with Crippen LogP contribution < -0.4 is 5.32 Å². The number of nitrogens with one attached hydrogen (secondary N) is 1. The van der Waals surface area contributed by atoms with Crippen LogP contribution in [0.5, 0.6) is 0 Å².